The summed E-state index contributed by atoms with van der Waals surface area (Å²) in [5, 5.41) is 11.0. The number of amides is 1. The molecule has 2 rings (SSSR count). The van der Waals surface area contributed by atoms with Crippen molar-refractivity contribution in [3.05, 3.63) is 82.4 Å². The second kappa shape index (κ2) is 12.6. The number of aliphatic hydroxyl groups excluding tert-OH is 1. The van der Waals surface area contributed by atoms with E-state index < -0.39 is 0 Å². The molecule has 1 aliphatic rings. The van der Waals surface area contributed by atoms with Gasteiger partial charge in [0.2, 0.25) is 5.91 Å². The Morgan fingerprint density at radius 1 is 1.39 bits per heavy atom. The van der Waals surface area contributed by atoms with Crippen molar-refractivity contribution >= 4 is 29.1 Å². The van der Waals surface area contributed by atoms with Crippen LogP contribution in [0.5, 0.6) is 0 Å². The largest absolute Gasteiger partial charge is 0.392 e. The monoisotopic (exact) mass is 489 g/mol. The van der Waals surface area contributed by atoms with Crippen molar-refractivity contribution in [2.24, 2.45) is 11.3 Å². The maximum Gasteiger partial charge on any atom is 0.223 e. The van der Waals surface area contributed by atoms with Gasteiger partial charge in [-0.3, -0.25) is 4.79 Å². The van der Waals surface area contributed by atoms with Crippen molar-refractivity contribution in [3.8, 4) is 0 Å². The second-order valence-electron chi connectivity index (χ2n) is 9.20. The van der Waals surface area contributed by atoms with Gasteiger partial charge in [-0.05, 0) is 48.4 Å². The number of carbonyl (C=O) groups is 1. The molecule has 3 nitrogen and oxygen atoms in total. The van der Waals surface area contributed by atoms with Crippen LogP contribution in [0.4, 0.5) is 0 Å². The van der Waals surface area contributed by atoms with Crippen molar-refractivity contribution in [2.45, 2.75) is 58.9 Å². The highest BCUT2D eigenvalue weighted by Crippen LogP contribution is 2.47. The molecule has 1 aromatic rings. The summed E-state index contributed by atoms with van der Waals surface area (Å²) in [5.41, 5.74) is 2.70. The average molecular weight is 491 g/mol. The summed E-state index contributed by atoms with van der Waals surface area (Å²) in [6, 6.07) is 5.23. The summed E-state index contributed by atoms with van der Waals surface area (Å²) in [4.78, 5) is 15.2. The van der Waals surface area contributed by atoms with Gasteiger partial charge in [-0.2, -0.15) is 0 Å². The number of halogens is 2. The SMILES string of the molecule is C=C/C=C\C(=C/CO)C1N(CCc2ccc(Cl)cc2Cl)C(=O)CCC1(C)C(=C)CC(C)CC. The highest BCUT2D eigenvalue weighted by atomic mass is 35.5. The number of piperidine rings is 1. The zero-order chi connectivity index (χ0) is 24.6. The van der Waals surface area contributed by atoms with E-state index in [0.717, 1.165) is 36.0 Å². The van der Waals surface area contributed by atoms with Gasteiger partial charge >= 0.3 is 0 Å². The lowest BCUT2D eigenvalue weighted by atomic mass is 9.65. The van der Waals surface area contributed by atoms with E-state index in [9.17, 15) is 9.90 Å². The molecule has 5 heteroatoms. The van der Waals surface area contributed by atoms with E-state index in [2.05, 4.69) is 33.9 Å². The Bertz CT molecular complexity index is 920. The number of allylic oxidation sites excluding steroid dienone is 2. The molecule has 1 saturated heterocycles. The minimum absolute atomic E-state index is 0.105. The van der Waals surface area contributed by atoms with E-state index >= 15 is 0 Å². The van der Waals surface area contributed by atoms with Crippen LogP contribution in [0.15, 0.2) is 66.8 Å². The molecule has 0 aromatic heterocycles. The summed E-state index contributed by atoms with van der Waals surface area (Å²) in [7, 11) is 0. The quantitative estimate of drug-likeness (QED) is 0.264. The number of rotatable bonds is 11. The van der Waals surface area contributed by atoms with Crippen LogP contribution in [-0.2, 0) is 11.2 Å². The zero-order valence-corrected chi connectivity index (χ0v) is 21.6. The molecule has 1 N–H and O–H groups in total. The van der Waals surface area contributed by atoms with Crippen LogP contribution in [0.1, 0.15) is 52.0 Å². The van der Waals surface area contributed by atoms with E-state index in [1.54, 1.807) is 18.2 Å². The summed E-state index contributed by atoms with van der Waals surface area (Å²) in [6.07, 6.45) is 11.1. The maximum atomic E-state index is 13.2. The van der Waals surface area contributed by atoms with Crippen molar-refractivity contribution in [3.63, 3.8) is 0 Å². The maximum absolute atomic E-state index is 13.2. The molecular weight excluding hydrogens is 453 g/mol. The molecule has 0 radical (unpaired) electrons. The first kappa shape index (κ1) is 27.4. The normalized spacial score (nSPS) is 22.6. The number of likely N-dealkylation sites (tertiary alicyclic amines) is 1. The topological polar surface area (TPSA) is 40.5 Å². The minimum Gasteiger partial charge on any atom is -0.392 e. The van der Waals surface area contributed by atoms with E-state index in [4.69, 9.17) is 23.2 Å². The van der Waals surface area contributed by atoms with Crippen LogP contribution in [-0.4, -0.2) is 35.1 Å². The lowest BCUT2D eigenvalue weighted by Crippen LogP contribution is -2.55. The van der Waals surface area contributed by atoms with E-state index in [1.165, 1.54) is 0 Å². The standard InChI is InChI=1S/C28H37Cl2NO2/c1-6-8-9-23(14-17-32)27-28(5,21(4)18-20(3)7-2)15-12-26(33)31(27)16-13-22-10-11-24(29)19-25(22)30/h6,8-11,14,19-20,27,32H,1,4,7,12-13,15-18H2,2-3,5H3/b9-8-,23-14+. The number of hydrogen-bond donors (Lipinski definition) is 1. The number of aliphatic hydroxyl groups is 1. The molecule has 3 unspecified atom stereocenters. The molecule has 1 heterocycles. The fourth-order valence-electron chi connectivity index (χ4n) is 4.63. The summed E-state index contributed by atoms with van der Waals surface area (Å²) < 4.78 is 0. The lowest BCUT2D eigenvalue weighted by Gasteiger charge is -2.50. The van der Waals surface area contributed by atoms with Gasteiger partial charge in [0.1, 0.15) is 0 Å². The smallest absolute Gasteiger partial charge is 0.223 e. The van der Waals surface area contributed by atoms with Gasteiger partial charge in [0.25, 0.3) is 0 Å². The van der Waals surface area contributed by atoms with Gasteiger partial charge in [-0.1, -0.05) is 99.5 Å². The van der Waals surface area contributed by atoms with Crippen molar-refractivity contribution in [2.75, 3.05) is 13.2 Å². The third kappa shape index (κ3) is 6.85. The first-order valence-corrected chi connectivity index (χ1v) is 12.4. The van der Waals surface area contributed by atoms with Gasteiger partial charge in [0, 0.05) is 28.4 Å². The molecule has 0 bridgehead atoms. The summed E-state index contributed by atoms with van der Waals surface area (Å²) in [5.74, 6) is 0.623. The van der Waals surface area contributed by atoms with Crippen LogP contribution in [0.2, 0.25) is 10.0 Å². The van der Waals surface area contributed by atoms with E-state index in [0.29, 0.717) is 35.3 Å². The first-order valence-electron chi connectivity index (χ1n) is 11.7. The Balaban J connectivity index is 2.49. The van der Waals surface area contributed by atoms with Crippen molar-refractivity contribution in [1.29, 1.82) is 0 Å². The van der Waals surface area contributed by atoms with Gasteiger partial charge in [-0.15, -0.1) is 0 Å². The summed E-state index contributed by atoms with van der Waals surface area (Å²) >= 11 is 12.5. The van der Waals surface area contributed by atoms with Crippen molar-refractivity contribution in [1.82, 2.24) is 4.90 Å². The third-order valence-electron chi connectivity index (χ3n) is 6.90. The van der Waals surface area contributed by atoms with E-state index in [1.807, 2.05) is 29.2 Å². The predicted molar refractivity (Wildman–Crippen MR) is 141 cm³/mol. The van der Waals surface area contributed by atoms with Crippen molar-refractivity contribution < 1.29 is 9.90 Å². The number of hydrogen-bond acceptors (Lipinski definition) is 2. The number of benzene rings is 1. The first-order chi connectivity index (χ1) is 15.7. The second-order valence-corrected chi connectivity index (χ2v) is 10.0. The third-order valence-corrected chi connectivity index (χ3v) is 7.48. The van der Waals surface area contributed by atoms with Crippen LogP contribution in [0, 0.1) is 11.3 Å². The van der Waals surface area contributed by atoms with Gasteiger partial charge < -0.3 is 10.0 Å². The Labute approximate surface area is 209 Å². The number of carbonyl (C=O) groups excluding carboxylic acids is 1. The fraction of sp³-hybridized carbons (Fsp3) is 0.464. The van der Waals surface area contributed by atoms with E-state index in [-0.39, 0.29) is 24.0 Å². The highest BCUT2D eigenvalue weighted by molar-refractivity contribution is 6.35. The molecule has 3 atom stereocenters. The molecule has 33 heavy (non-hydrogen) atoms. The molecule has 0 aliphatic carbocycles. The Kier molecular flexibility index (Phi) is 10.5. The molecule has 180 valence electrons. The molecule has 0 saturated carbocycles. The van der Waals surface area contributed by atoms with Gasteiger partial charge in [0.05, 0.1) is 12.6 Å². The fourth-order valence-corrected chi connectivity index (χ4v) is 5.13. The van der Waals surface area contributed by atoms with Crippen LogP contribution in [0.25, 0.3) is 0 Å². The number of nitrogens with zero attached hydrogens (tertiary/aromatic N) is 1. The zero-order valence-electron chi connectivity index (χ0n) is 20.1. The molecule has 1 amide bonds. The molecule has 1 aromatic carbocycles. The van der Waals surface area contributed by atoms with Gasteiger partial charge in [-0.25, -0.2) is 0 Å². The molecule has 1 fully saturated rings. The predicted octanol–water partition coefficient (Wildman–Crippen LogP) is 7.19. The molecule has 1 aliphatic heterocycles. The Morgan fingerprint density at radius 3 is 2.73 bits per heavy atom. The lowest BCUT2D eigenvalue weighted by molar-refractivity contribution is -0.139. The van der Waals surface area contributed by atoms with Crippen LogP contribution >= 0.6 is 23.2 Å². The van der Waals surface area contributed by atoms with Crippen LogP contribution in [0.3, 0.4) is 0 Å². The minimum atomic E-state index is -0.312. The van der Waals surface area contributed by atoms with Gasteiger partial charge in [0.15, 0.2) is 0 Å². The average Bonchev–Trinajstić information content (AvgIpc) is 2.78. The molecule has 0 spiro atoms. The molecular formula is C28H37Cl2NO2. The summed E-state index contributed by atoms with van der Waals surface area (Å²) in [6.45, 7) is 15.3. The highest BCUT2D eigenvalue weighted by Gasteiger charge is 2.46. The van der Waals surface area contributed by atoms with Crippen LogP contribution < -0.4 is 0 Å². The Morgan fingerprint density at radius 2 is 2.12 bits per heavy atom. The Hall–Kier alpha value is -1.81.